The van der Waals surface area contributed by atoms with Crippen LogP contribution in [-0.2, 0) is 4.12 Å². The summed E-state index contributed by atoms with van der Waals surface area (Å²) in [6, 6.07) is 8.94. The third kappa shape index (κ3) is 4.28. The van der Waals surface area contributed by atoms with E-state index in [1.54, 1.807) is 0 Å². The first-order valence-corrected chi connectivity index (χ1v) is 15.2. The van der Waals surface area contributed by atoms with E-state index in [4.69, 9.17) is 15.2 Å². The molecule has 0 radical (unpaired) electrons. The van der Waals surface area contributed by atoms with Gasteiger partial charge in [0.15, 0.2) is 8.32 Å². The van der Waals surface area contributed by atoms with E-state index in [1.165, 1.54) is 43.8 Å². The Balaban J connectivity index is 2.87. The second-order valence-electron chi connectivity index (χ2n) is 8.36. The molecule has 2 aromatic carbocycles. The average Bonchev–Trinajstić information content (AvgIpc) is 2.32. The van der Waals surface area contributed by atoms with Gasteiger partial charge >= 0.3 is 7.63 Å². The van der Waals surface area contributed by atoms with Crippen molar-refractivity contribution < 1.29 is 4.12 Å². The summed E-state index contributed by atoms with van der Waals surface area (Å²) in [5.41, 5.74) is 7.54. The fourth-order valence-electron chi connectivity index (χ4n) is 4.02. The van der Waals surface area contributed by atoms with E-state index in [0.29, 0.717) is 0 Å². The molecule has 0 heterocycles. The van der Waals surface area contributed by atoms with Crippen molar-refractivity contribution in [2.24, 2.45) is 0 Å². The Hall–Kier alpha value is -0.876. The van der Waals surface area contributed by atoms with Crippen LogP contribution < -0.4 is 10.4 Å². The highest BCUT2D eigenvalue weighted by atomic mass is 35.6. The van der Waals surface area contributed by atoms with E-state index in [9.17, 15) is 0 Å². The summed E-state index contributed by atoms with van der Waals surface area (Å²) in [4.78, 5) is 0. The molecule has 0 spiro atoms. The third-order valence-corrected chi connectivity index (χ3v) is 12.7. The smallest absolute Gasteiger partial charge is 0.346 e. The first kappa shape index (κ1) is 20.4. The molecule has 0 aliphatic rings. The van der Waals surface area contributed by atoms with E-state index in [-0.39, 0.29) is 0 Å². The molecule has 0 N–H and O–H groups in total. The number of hydrogen-bond donors (Lipinski definition) is 0. The van der Waals surface area contributed by atoms with E-state index in [0.717, 1.165) is 0 Å². The molecule has 0 saturated heterocycles. The molecule has 0 aromatic heterocycles. The molecule has 0 amide bonds. The fraction of sp³-hybridized carbons (Fsp3) is 0.429. The van der Waals surface area contributed by atoms with Gasteiger partial charge in [-0.25, -0.2) is 0 Å². The predicted octanol–water partition coefficient (Wildman–Crippen LogP) is 5.18. The van der Waals surface area contributed by atoms with Crippen LogP contribution in [0.25, 0.3) is 0 Å². The molecule has 0 unspecified atom stereocenters. The lowest BCUT2D eigenvalue weighted by Gasteiger charge is -2.36. The van der Waals surface area contributed by atoms with Crippen LogP contribution in [0.15, 0.2) is 24.3 Å². The van der Waals surface area contributed by atoms with Gasteiger partial charge in [-0.15, -0.1) is 11.1 Å². The monoisotopic (exact) mass is 390 g/mol. The number of benzene rings is 2. The zero-order valence-corrected chi connectivity index (χ0v) is 19.9. The van der Waals surface area contributed by atoms with Crippen molar-refractivity contribution in [1.29, 1.82) is 0 Å². The molecule has 4 heteroatoms. The highest BCUT2D eigenvalue weighted by Crippen LogP contribution is 2.25. The van der Waals surface area contributed by atoms with Gasteiger partial charge in [0.25, 0.3) is 0 Å². The van der Waals surface area contributed by atoms with Crippen molar-refractivity contribution >= 4 is 37.4 Å². The zero-order valence-electron chi connectivity index (χ0n) is 17.1. The van der Waals surface area contributed by atoms with Crippen molar-refractivity contribution in [2.45, 2.75) is 61.2 Å². The van der Waals surface area contributed by atoms with E-state index in [1.807, 2.05) is 0 Å². The number of aryl methyl sites for hydroxylation is 6. The van der Waals surface area contributed by atoms with Gasteiger partial charge in [0.2, 0.25) is 0 Å². The minimum absolute atomic E-state index is 1.23. The van der Waals surface area contributed by atoms with Gasteiger partial charge < -0.3 is 4.12 Å². The standard InChI is InChI=1S/C21H31ClOSi2/c1-14-10-16(3)20(17(4)11-14)25(22,23-24(7,8)9)21-18(5)12-15(2)13-19(21)6/h10-13H,1-9H3. The first-order chi connectivity index (χ1) is 11.3. The summed E-state index contributed by atoms with van der Waals surface area (Å²) in [5, 5.41) is 2.47. The predicted molar refractivity (Wildman–Crippen MR) is 117 cm³/mol. The van der Waals surface area contributed by atoms with Gasteiger partial charge in [0, 0.05) is 0 Å². The van der Waals surface area contributed by atoms with Crippen LogP contribution in [0.4, 0.5) is 0 Å². The second-order valence-corrected chi connectivity index (χ2v) is 17.2. The molecule has 0 atom stereocenters. The van der Waals surface area contributed by atoms with Crippen molar-refractivity contribution in [3.8, 4) is 0 Å². The van der Waals surface area contributed by atoms with E-state index < -0.39 is 15.9 Å². The van der Waals surface area contributed by atoms with Gasteiger partial charge in [-0.3, -0.25) is 0 Å². The summed E-state index contributed by atoms with van der Waals surface area (Å²) < 4.78 is 6.84. The molecule has 0 saturated carbocycles. The maximum atomic E-state index is 7.55. The van der Waals surface area contributed by atoms with Crippen LogP contribution in [0.3, 0.4) is 0 Å². The first-order valence-electron chi connectivity index (χ1n) is 8.91. The van der Waals surface area contributed by atoms with Crippen molar-refractivity contribution in [3.63, 3.8) is 0 Å². The Kier molecular flexibility index (Phi) is 5.75. The summed E-state index contributed by atoms with van der Waals surface area (Å²) >= 11 is 7.55. The number of rotatable bonds is 4. The topological polar surface area (TPSA) is 9.23 Å². The quantitative estimate of drug-likeness (QED) is 0.516. The summed E-state index contributed by atoms with van der Waals surface area (Å²) in [6.45, 7) is 19.7. The van der Waals surface area contributed by atoms with Crippen molar-refractivity contribution in [1.82, 2.24) is 0 Å². The molecular formula is C21H31ClOSi2. The lowest BCUT2D eigenvalue weighted by molar-refractivity contribution is 0.585. The minimum atomic E-state index is -2.83. The molecule has 2 rings (SSSR count). The number of hydrogen-bond acceptors (Lipinski definition) is 1. The normalized spacial score (nSPS) is 12.6. The number of halogens is 1. The maximum absolute atomic E-state index is 7.55. The highest BCUT2D eigenvalue weighted by molar-refractivity contribution is 7.32. The highest BCUT2D eigenvalue weighted by Gasteiger charge is 2.45. The molecular weight excluding hydrogens is 360 g/mol. The minimum Gasteiger partial charge on any atom is -0.438 e. The average molecular weight is 391 g/mol. The van der Waals surface area contributed by atoms with Gasteiger partial charge in [0.05, 0.1) is 0 Å². The molecule has 2 aromatic rings. The van der Waals surface area contributed by atoms with Crippen LogP contribution >= 0.6 is 11.1 Å². The summed E-state index contributed by atoms with van der Waals surface area (Å²) in [5.74, 6) is 0. The van der Waals surface area contributed by atoms with Gasteiger partial charge in [-0.1, -0.05) is 35.4 Å². The SMILES string of the molecule is Cc1cc(C)c([Si](Cl)(O[Si](C)(C)C)c2c(C)cc(C)cc2C)c(C)c1. The molecule has 0 fully saturated rings. The Morgan fingerprint density at radius 1 is 0.640 bits per heavy atom. The van der Waals surface area contributed by atoms with E-state index >= 15 is 0 Å². The molecule has 0 bridgehead atoms. The van der Waals surface area contributed by atoms with Gasteiger partial charge in [-0.2, -0.15) is 0 Å². The van der Waals surface area contributed by atoms with Crippen LogP contribution in [0.5, 0.6) is 0 Å². The third-order valence-electron chi connectivity index (χ3n) is 4.44. The van der Waals surface area contributed by atoms with Gasteiger partial charge in [-0.05, 0) is 93.8 Å². The Morgan fingerprint density at radius 3 is 1.16 bits per heavy atom. The van der Waals surface area contributed by atoms with Gasteiger partial charge in [0.1, 0.15) is 0 Å². The molecule has 0 aliphatic carbocycles. The second kappa shape index (κ2) is 7.03. The lowest BCUT2D eigenvalue weighted by Crippen LogP contribution is -2.63. The molecule has 136 valence electrons. The fourth-order valence-corrected chi connectivity index (χ4v) is 14.7. The van der Waals surface area contributed by atoms with E-state index in [2.05, 4.69) is 85.4 Å². The maximum Gasteiger partial charge on any atom is 0.346 e. The van der Waals surface area contributed by atoms with Crippen LogP contribution in [-0.4, -0.2) is 15.9 Å². The molecule has 25 heavy (non-hydrogen) atoms. The van der Waals surface area contributed by atoms with Crippen molar-refractivity contribution in [2.75, 3.05) is 0 Å². The van der Waals surface area contributed by atoms with Crippen LogP contribution in [0.1, 0.15) is 33.4 Å². The lowest BCUT2D eigenvalue weighted by atomic mass is 10.1. The zero-order chi connectivity index (χ0) is 19.2. The Bertz CT molecular complexity index is 703. The van der Waals surface area contributed by atoms with Crippen molar-refractivity contribution in [3.05, 3.63) is 57.6 Å². The Labute approximate surface area is 160 Å². The summed E-state index contributed by atoms with van der Waals surface area (Å²) in [6.07, 6.45) is 0. The van der Waals surface area contributed by atoms with Crippen LogP contribution in [0.2, 0.25) is 19.6 Å². The Morgan fingerprint density at radius 2 is 0.920 bits per heavy atom. The molecule has 0 aliphatic heterocycles. The largest absolute Gasteiger partial charge is 0.438 e. The molecule has 1 nitrogen and oxygen atoms in total. The van der Waals surface area contributed by atoms with Crippen LogP contribution in [0, 0.1) is 41.5 Å². The summed E-state index contributed by atoms with van der Waals surface area (Å²) in [7, 11) is -4.67.